The van der Waals surface area contributed by atoms with Crippen molar-refractivity contribution in [2.45, 2.75) is 6.42 Å². The van der Waals surface area contributed by atoms with Crippen LogP contribution in [0.3, 0.4) is 0 Å². The van der Waals surface area contributed by atoms with Gasteiger partial charge >= 0.3 is 12.0 Å². The fourth-order valence-electron chi connectivity index (χ4n) is 1.70. The van der Waals surface area contributed by atoms with Crippen molar-refractivity contribution < 1.29 is 23.1 Å². The van der Waals surface area contributed by atoms with Crippen molar-refractivity contribution in [1.82, 2.24) is 5.32 Å². The van der Waals surface area contributed by atoms with Gasteiger partial charge in [-0.25, -0.2) is 18.0 Å². The third kappa shape index (κ3) is 5.42. The molecule has 1 aromatic carbocycles. The van der Waals surface area contributed by atoms with Crippen LogP contribution in [0.5, 0.6) is 0 Å². The number of urea groups is 1. The Labute approximate surface area is 123 Å². The van der Waals surface area contributed by atoms with Gasteiger partial charge in [0, 0.05) is 19.8 Å². The van der Waals surface area contributed by atoms with Crippen molar-refractivity contribution in [1.29, 1.82) is 0 Å². The van der Waals surface area contributed by atoms with Gasteiger partial charge in [0.1, 0.15) is 9.84 Å². The number of carbonyl (C=O) groups excluding carboxylic acids is 1. The largest absolute Gasteiger partial charge is 0.478 e. The van der Waals surface area contributed by atoms with E-state index >= 15 is 0 Å². The molecule has 0 aliphatic rings. The number of carboxylic acids is 1. The van der Waals surface area contributed by atoms with Crippen molar-refractivity contribution in [3.8, 4) is 0 Å². The summed E-state index contributed by atoms with van der Waals surface area (Å²) in [6, 6.07) is 5.65. The van der Waals surface area contributed by atoms with Crippen LogP contribution in [-0.2, 0) is 9.84 Å². The van der Waals surface area contributed by atoms with Gasteiger partial charge in [0.2, 0.25) is 0 Å². The van der Waals surface area contributed by atoms with Gasteiger partial charge in [0.05, 0.1) is 17.0 Å². The van der Waals surface area contributed by atoms with Crippen LogP contribution in [0.15, 0.2) is 24.3 Å². The molecule has 0 aliphatic carbocycles. The van der Waals surface area contributed by atoms with E-state index in [2.05, 4.69) is 5.32 Å². The number of nitrogens with one attached hydrogen (secondary N) is 1. The lowest BCUT2D eigenvalue weighted by molar-refractivity contribution is 0.0697. The summed E-state index contributed by atoms with van der Waals surface area (Å²) in [4.78, 5) is 24.2. The molecule has 1 aromatic rings. The predicted molar refractivity (Wildman–Crippen MR) is 79.5 cm³/mol. The van der Waals surface area contributed by atoms with Crippen LogP contribution in [0.25, 0.3) is 0 Å². The molecule has 8 heteroatoms. The molecule has 2 N–H and O–H groups in total. The Balaban J connectivity index is 2.65. The van der Waals surface area contributed by atoms with Gasteiger partial charge in [0.25, 0.3) is 0 Å². The van der Waals surface area contributed by atoms with E-state index in [1.165, 1.54) is 24.1 Å². The van der Waals surface area contributed by atoms with Crippen molar-refractivity contribution in [2.75, 3.05) is 30.5 Å². The highest BCUT2D eigenvalue weighted by Gasteiger charge is 2.17. The van der Waals surface area contributed by atoms with Crippen LogP contribution >= 0.6 is 0 Å². The number of hydrogen-bond donors (Lipinski definition) is 2. The molecule has 0 bridgehead atoms. The van der Waals surface area contributed by atoms with Crippen LogP contribution < -0.4 is 10.2 Å². The maximum atomic E-state index is 11.9. The lowest BCUT2D eigenvalue weighted by Gasteiger charge is -2.19. The Kier molecular flexibility index (Phi) is 5.71. The second kappa shape index (κ2) is 7.07. The number of rotatable bonds is 6. The van der Waals surface area contributed by atoms with Gasteiger partial charge in [0.15, 0.2) is 0 Å². The SMILES string of the molecule is CN(C(=O)NCCCS(C)(=O)=O)c1ccccc1C(=O)O. The molecular formula is C13H18N2O5S. The standard InChI is InChI=1S/C13H18N2O5S/c1-15(11-7-4-3-6-10(11)12(16)17)13(18)14-8-5-9-21(2,19)20/h3-4,6-7H,5,8-9H2,1-2H3,(H,14,18)(H,16,17). The maximum absolute atomic E-state index is 11.9. The zero-order chi connectivity index (χ0) is 16.0. The Bertz CT molecular complexity index is 627. The molecule has 21 heavy (non-hydrogen) atoms. The summed E-state index contributed by atoms with van der Waals surface area (Å²) in [6.07, 6.45) is 1.43. The number of anilines is 1. The Morgan fingerprint density at radius 2 is 1.90 bits per heavy atom. The highest BCUT2D eigenvalue weighted by Crippen LogP contribution is 2.19. The first kappa shape index (κ1) is 17.0. The van der Waals surface area contributed by atoms with Gasteiger partial charge in [-0.15, -0.1) is 0 Å². The molecule has 0 saturated carbocycles. The van der Waals surface area contributed by atoms with Crippen LogP contribution in [0.1, 0.15) is 16.8 Å². The van der Waals surface area contributed by atoms with E-state index in [0.29, 0.717) is 6.42 Å². The zero-order valence-electron chi connectivity index (χ0n) is 11.9. The Hall–Kier alpha value is -2.09. The van der Waals surface area contributed by atoms with Gasteiger partial charge in [-0.3, -0.25) is 4.90 Å². The molecule has 2 amide bonds. The predicted octanol–water partition coefficient (Wildman–Crippen LogP) is 0.965. The van der Waals surface area contributed by atoms with Crippen LogP contribution in [-0.4, -0.2) is 51.1 Å². The minimum Gasteiger partial charge on any atom is -0.478 e. The molecule has 1 rings (SSSR count). The fraction of sp³-hybridized carbons (Fsp3) is 0.385. The molecule has 0 atom stereocenters. The van der Waals surface area contributed by atoms with Gasteiger partial charge in [-0.1, -0.05) is 12.1 Å². The molecule has 0 radical (unpaired) electrons. The third-order valence-electron chi connectivity index (χ3n) is 2.77. The molecule has 0 saturated heterocycles. The summed E-state index contributed by atoms with van der Waals surface area (Å²) < 4.78 is 21.9. The van der Waals surface area contributed by atoms with E-state index in [1.807, 2.05) is 0 Å². The molecule has 0 heterocycles. The highest BCUT2D eigenvalue weighted by molar-refractivity contribution is 7.90. The minimum atomic E-state index is -3.06. The summed E-state index contributed by atoms with van der Waals surface area (Å²) in [7, 11) is -1.60. The van der Waals surface area contributed by atoms with E-state index in [9.17, 15) is 18.0 Å². The van der Waals surface area contributed by atoms with Crippen LogP contribution in [0.4, 0.5) is 10.5 Å². The number of carboxylic acid groups (broad SMARTS) is 1. The van der Waals surface area contributed by atoms with Gasteiger partial charge in [-0.2, -0.15) is 0 Å². The molecule has 0 unspecified atom stereocenters. The number of benzene rings is 1. The number of amides is 2. The van der Waals surface area contributed by atoms with Gasteiger partial charge < -0.3 is 10.4 Å². The number of para-hydroxylation sites is 1. The first-order chi connectivity index (χ1) is 9.72. The Morgan fingerprint density at radius 1 is 1.29 bits per heavy atom. The molecule has 0 fully saturated rings. The van der Waals surface area contributed by atoms with Gasteiger partial charge in [-0.05, 0) is 18.6 Å². The summed E-state index contributed by atoms with van der Waals surface area (Å²) >= 11 is 0. The minimum absolute atomic E-state index is 0.0112. The average Bonchev–Trinajstić information content (AvgIpc) is 2.41. The maximum Gasteiger partial charge on any atom is 0.337 e. The molecule has 7 nitrogen and oxygen atoms in total. The highest BCUT2D eigenvalue weighted by atomic mass is 32.2. The zero-order valence-corrected chi connectivity index (χ0v) is 12.7. The van der Waals surface area contributed by atoms with E-state index < -0.39 is 21.8 Å². The lowest BCUT2D eigenvalue weighted by atomic mass is 10.1. The van der Waals surface area contributed by atoms with E-state index in [4.69, 9.17) is 5.11 Å². The summed E-state index contributed by atoms with van der Waals surface area (Å²) in [6.45, 7) is 0.200. The van der Waals surface area contributed by atoms with Crippen molar-refractivity contribution >= 4 is 27.5 Å². The van der Waals surface area contributed by atoms with Crippen LogP contribution in [0.2, 0.25) is 0 Å². The second-order valence-corrected chi connectivity index (χ2v) is 6.86. The monoisotopic (exact) mass is 314 g/mol. The number of hydrogen-bond acceptors (Lipinski definition) is 4. The molecule has 116 valence electrons. The lowest BCUT2D eigenvalue weighted by Crippen LogP contribution is -2.38. The average molecular weight is 314 g/mol. The van der Waals surface area contributed by atoms with E-state index in [1.54, 1.807) is 12.1 Å². The summed E-state index contributed by atoms with van der Waals surface area (Å²) in [5.74, 6) is -1.13. The summed E-state index contributed by atoms with van der Waals surface area (Å²) in [5.41, 5.74) is 0.289. The number of sulfone groups is 1. The number of carbonyl (C=O) groups is 2. The van der Waals surface area contributed by atoms with E-state index in [0.717, 1.165) is 6.26 Å². The molecule has 0 spiro atoms. The van der Waals surface area contributed by atoms with Crippen LogP contribution in [0, 0.1) is 0 Å². The number of aromatic carboxylic acids is 1. The van der Waals surface area contributed by atoms with E-state index in [-0.39, 0.29) is 23.5 Å². The summed E-state index contributed by atoms with van der Waals surface area (Å²) in [5, 5.41) is 11.6. The Morgan fingerprint density at radius 3 is 2.48 bits per heavy atom. The number of nitrogens with zero attached hydrogens (tertiary/aromatic N) is 1. The molecular weight excluding hydrogens is 296 g/mol. The molecule has 0 aliphatic heterocycles. The van der Waals surface area contributed by atoms with Crippen molar-refractivity contribution in [3.63, 3.8) is 0 Å². The quantitative estimate of drug-likeness (QED) is 0.761. The first-order valence-corrected chi connectivity index (χ1v) is 8.30. The third-order valence-corrected chi connectivity index (χ3v) is 3.80. The first-order valence-electron chi connectivity index (χ1n) is 6.24. The van der Waals surface area contributed by atoms with Crippen molar-refractivity contribution in [2.24, 2.45) is 0 Å². The molecule has 0 aromatic heterocycles. The smallest absolute Gasteiger partial charge is 0.337 e. The second-order valence-electron chi connectivity index (χ2n) is 4.60. The van der Waals surface area contributed by atoms with Crippen molar-refractivity contribution in [3.05, 3.63) is 29.8 Å². The fourth-order valence-corrected chi connectivity index (χ4v) is 2.37. The topological polar surface area (TPSA) is 104 Å². The normalized spacial score (nSPS) is 11.0.